The minimum absolute atomic E-state index is 0. The molecular formula is C19H25ClN2O2. The molecule has 0 saturated carbocycles. The third-order valence-electron chi connectivity index (χ3n) is 3.43. The summed E-state index contributed by atoms with van der Waals surface area (Å²) >= 11 is 0. The smallest absolute Gasteiger partial charge is 0.164 e. The van der Waals surface area contributed by atoms with E-state index in [0.717, 1.165) is 47.8 Å². The highest BCUT2D eigenvalue weighted by atomic mass is 35.5. The van der Waals surface area contributed by atoms with Crippen LogP contribution >= 0.6 is 12.4 Å². The van der Waals surface area contributed by atoms with E-state index in [4.69, 9.17) is 9.47 Å². The number of allylic oxidation sites excluding steroid dienone is 1. The van der Waals surface area contributed by atoms with Crippen molar-refractivity contribution in [3.8, 4) is 11.5 Å². The van der Waals surface area contributed by atoms with Crippen molar-refractivity contribution >= 4 is 12.4 Å². The summed E-state index contributed by atoms with van der Waals surface area (Å²) < 4.78 is 11.2. The second kappa shape index (κ2) is 10.7. The number of hydrogen-bond donors (Lipinski definition) is 1. The number of halogens is 1. The van der Waals surface area contributed by atoms with Crippen LogP contribution in [0.25, 0.3) is 0 Å². The lowest BCUT2D eigenvalue weighted by Crippen LogP contribution is -2.14. The molecule has 5 heteroatoms. The molecule has 0 bridgehead atoms. The van der Waals surface area contributed by atoms with Crippen molar-refractivity contribution in [1.82, 2.24) is 10.3 Å². The Morgan fingerprint density at radius 2 is 2.08 bits per heavy atom. The molecule has 0 aliphatic rings. The number of ether oxygens (including phenoxy) is 2. The first-order valence-corrected chi connectivity index (χ1v) is 7.82. The van der Waals surface area contributed by atoms with Gasteiger partial charge in [0.1, 0.15) is 0 Å². The van der Waals surface area contributed by atoms with Crippen LogP contribution in [0.3, 0.4) is 0 Å². The first-order chi connectivity index (χ1) is 11.3. The fraction of sp³-hybridized carbons (Fsp3) is 0.316. The summed E-state index contributed by atoms with van der Waals surface area (Å²) in [6.45, 7) is 7.87. The Kier molecular flexibility index (Phi) is 8.90. The molecule has 2 aromatic rings. The van der Waals surface area contributed by atoms with E-state index >= 15 is 0 Å². The van der Waals surface area contributed by atoms with Gasteiger partial charge in [0.2, 0.25) is 0 Å². The molecule has 0 fully saturated rings. The molecule has 0 saturated heterocycles. The molecule has 1 aromatic heterocycles. The average Bonchev–Trinajstić information content (AvgIpc) is 2.58. The van der Waals surface area contributed by atoms with Crippen LogP contribution in [0.4, 0.5) is 0 Å². The Morgan fingerprint density at radius 1 is 1.25 bits per heavy atom. The molecule has 0 aliphatic heterocycles. The van der Waals surface area contributed by atoms with Crippen LogP contribution in [0.2, 0.25) is 0 Å². The molecule has 24 heavy (non-hydrogen) atoms. The highest BCUT2D eigenvalue weighted by Crippen LogP contribution is 2.33. The van der Waals surface area contributed by atoms with Crippen molar-refractivity contribution in [3.05, 3.63) is 66.0 Å². The third kappa shape index (κ3) is 5.55. The monoisotopic (exact) mass is 348 g/mol. The number of nitrogens with one attached hydrogen (secondary N) is 1. The largest absolute Gasteiger partial charge is 0.493 e. The molecule has 4 nitrogen and oxygen atoms in total. The number of hydrogen-bond acceptors (Lipinski definition) is 4. The lowest BCUT2D eigenvalue weighted by Gasteiger charge is -2.16. The fourth-order valence-electron chi connectivity index (χ4n) is 2.43. The number of methoxy groups -OCH3 is 1. The van der Waals surface area contributed by atoms with Gasteiger partial charge in [-0.25, -0.2) is 0 Å². The second-order valence-corrected chi connectivity index (χ2v) is 5.14. The van der Waals surface area contributed by atoms with Crippen molar-refractivity contribution < 1.29 is 9.47 Å². The molecule has 2 rings (SSSR count). The Hall–Kier alpha value is -2.04. The molecule has 1 heterocycles. The van der Waals surface area contributed by atoms with Crippen LogP contribution < -0.4 is 14.8 Å². The van der Waals surface area contributed by atoms with Gasteiger partial charge < -0.3 is 14.8 Å². The summed E-state index contributed by atoms with van der Waals surface area (Å²) in [4.78, 5) is 4.31. The van der Waals surface area contributed by atoms with Gasteiger partial charge in [-0.3, -0.25) is 4.98 Å². The van der Waals surface area contributed by atoms with E-state index in [9.17, 15) is 0 Å². The molecule has 0 atom stereocenters. The molecule has 130 valence electrons. The summed E-state index contributed by atoms with van der Waals surface area (Å²) in [5.41, 5.74) is 3.27. The van der Waals surface area contributed by atoms with E-state index < -0.39 is 0 Å². The zero-order valence-corrected chi connectivity index (χ0v) is 15.1. The molecule has 1 N–H and O–H groups in total. The Labute approximate surface area is 150 Å². The average molecular weight is 349 g/mol. The lowest BCUT2D eigenvalue weighted by molar-refractivity contribution is 0.308. The third-order valence-corrected chi connectivity index (χ3v) is 3.43. The molecule has 1 aromatic carbocycles. The summed E-state index contributed by atoms with van der Waals surface area (Å²) in [7, 11) is 1.67. The van der Waals surface area contributed by atoms with Crippen LogP contribution in [0.1, 0.15) is 23.7 Å². The number of benzene rings is 1. The Balaban J connectivity index is 0.00000288. The van der Waals surface area contributed by atoms with E-state index in [1.54, 1.807) is 13.3 Å². The normalized spacial score (nSPS) is 9.92. The molecule has 0 amide bonds. The fourth-order valence-corrected chi connectivity index (χ4v) is 2.43. The van der Waals surface area contributed by atoms with E-state index in [0.29, 0.717) is 6.61 Å². The van der Waals surface area contributed by atoms with Crippen LogP contribution in [-0.4, -0.2) is 18.7 Å². The maximum Gasteiger partial charge on any atom is 0.164 e. The molecule has 0 aliphatic carbocycles. The number of aromatic nitrogens is 1. The molecular weight excluding hydrogens is 324 g/mol. The van der Waals surface area contributed by atoms with E-state index in [1.165, 1.54) is 0 Å². The number of nitrogens with zero attached hydrogens (tertiary/aromatic N) is 1. The molecule has 0 spiro atoms. The van der Waals surface area contributed by atoms with E-state index in [-0.39, 0.29) is 12.4 Å². The minimum atomic E-state index is 0. The summed E-state index contributed by atoms with van der Waals surface area (Å²) in [5.74, 6) is 1.57. The van der Waals surface area contributed by atoms with E-state index in [2.05, 4.69) is 22.9 Å². The summed E-state index contributed by atoms with van der Waals surface area (Å²) in [5, 5.41) is 3.41. The second-order valence-electron chi connectivity index (χ2n) is 5.14. The van der Waals surface area contributed by atoms with Gasteiger partial charge in [-0.1, -0.05) is 18.2 Å². The van der Waals surface area contributed by atoms with Gasteiger partial charge in [0.05, 0.1) is 19.4 Å². The van der Waals surface area contributed by atoms with Crippen molar-refractivity contribution in [1.29, 1.82) is 0 Å². The summed E-state index contributed by atoms with van der Waals surface area (Å²) in [6, 6.07) is 10.1. The van der Waals surface area contributed by atoms with Crippen molar-refractivity contribution in [2.75, 3.05) is 13.7 Å². The maximum atomic E-state index is 5.74. The maximum absolute atomic E-state index is 5.74. The predicted octanol–water partition coefficient (Wildman–Crippen LogP) is 3.93. The van der Waals surface area contributed by atoms with Crippen LogP contribution in [0.15, 0.2) is 49.2 Å². The zero-order chi connectivity index (χ0) is 16.5. The standard InChI is InChI=1S/C19H24N2O2.ClH/c1-4-8-16-11-15(12-18(22-3)19(16)23-5-2)13-20-14-17-9-6-7-10-21-17;/h4,6-7,9-12,20H,1,5,8,13-14H2,2-3H3;1H. The summed E-state index contributed by atoms with van der Waals surface area (Å²) in [6.07, 6.45) is 4.43. The predicted molar refractivity (Wildman–Crippen MR) is 100 cm³/mol. The highest BCUT2D eigenvalue weighted by molar-refractivity contribution is 5.85. The van der Waals surface area contributed by atoms with Crippen LogP contribution in [-0.2, 0) is 19.5 Å². The van der Waals surface area contributed by atoms with Gasteiger partial charge in [-0.05, 0) is 37.1 Å². The van der Waals surface area contributed by atoms with E-state index in [1.807, 2.05) is 37.3 Å². The topological polar surface area (TPSA) is 43.4 Å². The van der Waals surface area contributed by atoms with Gasteiger partial charge in [-0.15, -0.1) is 19.0 Å². The van der Waals surface area contributed by atoms with Crippen molar-refractivity contribution in [3.63, 3.8) is 0 Å². The Morgan fingerprint density at radius 3 is 2.71 bits per heavy atom. The minimum Gasteiger partial charge on any atom is -0.493 e. The number of pyridine rings is 1. The van der Waals surface area contributed by atoms with Crippen LogP contribution in [0.5, 0.6) is 11.5 Å². The van der Waals surface area contributed by atoms with Gasteiger partial charge in [0.25, 0.3) is 0 Å². The van der Waals surface area contributed by atoms with Crippen LogP contribution in [0, 0.1) is 0 Å². The van der Waals surface area contributed by atoms with Gasteiger partial charge in [0.15, 0.2) is 11.5 Å². The number of rotatable bonds is 9. The first kappa shape index (κ1) is 20.0. The van der Waals surface area contributed by atoms with Gasteiger partial charge >= 0.3 is 0 Å². The highest BCUT2D eigenvalue weighted by Gasteiger charge is 2.12. The molecule has 0 radical (unpaired) electrons. The van der Waals surface area contributed by atoms with Crippen molar-refractivity contribution in [2.45, 2.75) is 26.4 Å². The Bertz CT molecular complexity index is 633. The lowest BCUT2D eigenvalue weighted by atomic mass is 10.1. The SMILES string of the molecule is C=CCc1cc(CNCc2ccccn2)cc(OC)c1OCC.Cl. The zero-order valence-electron chi connectivity index (χ0n) is 14.2. The van der Waals surface area contributed by atoms with Gasteiger partial charge in [0, 0.05) is 24.8 Å². The quantitative estimate of drug-likeness (QED) is 0.697. The molecule has 0 unspecified atom stereocenters. The first-order valence-electron chi connectivity index (χ1n) is 7.82. The van der Waals surface area contributed by atoms with Crippen molar-refractivity contribution in [2.24, 2.45) is 0 Å². The van der Waals surface area contributed by atoms with Gasteiger partial charge in [-0.2, -0.15) is 0 Å².